The maximum absolute atomic E-state index is 11.7. The number of Topliss-reactive ketones (excluding diaryl/α,β-unsaturated/α-hetero) is 1. The third-order valence-corrected chi connectivity index (χ3v) is 5.62. The van der Waals surface area contributed by atoms with Gasteiger partial charge in [-0.15, -0.1) is 22.7 Å². The van der Waals surface area contributed by atoms with Gasteiger partial charge in [-0.3, -0.25) is 9.59 Å². The number of ketones is 1. The zero-order valence-electron chi connectivity index (χ0n) is 11.4. The number of hydrogen-bond acceptors (Lipinski definition) is 6. The van der Waals surface area contributed by atoms with E-state index in [-0.39, 0.29) is 24.5 Å². The largest absolute Gasteiger partial charge is 0.356 e. The molecule has 0 aliphatic carbocycles. The fourth-order valence-corrected chi connectivity index (χ4v) is 3.96. The zero-order chi connectivity index (χ0) is 14.9. The molecule has 0 aromatic carbocycles. The van der Waals surface area contributed by atoms with E-state index in [0.29, 0.717) is 6.54 Å². The fraction of sp³-hybridized carbons (Fsp3) is 0.357. The standard InChI is InChI=1S/C14H16N2O2S3/c17-11(12-3-1-8-19-12)4-5-13(18)15-6-2-9-20-14-16-7-10-21-14/h1,3,7-8,10H,2,4-6,9H2,(H,15,18). The highest BCUT2D eigenvalue weighted by atomic mass is 32.2. The number of hydrogen-bond donors (Lipinski definition) is 1. The molecule has 0 aliphatic rings. The molecule has 0 atom stereocenters. The Labute approximate surface area is 136 Å². The predicted molar refractivity (Wildman–Crippen MR) is 88.3 cm³/mol. The summed E-state index contributed by atoms with van der Waals surface area (Å²) < 4.78 is 1.06. The van der Waals surface area contributed by atoms with Crippen LogP contribution in [0.3, 0.4) is 0 Å². The molecule has 0 saturated heterocycles. The van der Waals surface area contributed by atoms with Gasteiger partial charge in [-0.05, 0) is 17.9 Å². The lowest BCUT2D eigenvalue weighted by Gasteiger charge is -2.04. The Morgan fingerprint density at radius 1 is 1.24 bits per heavy atom. The van der Waals surface area contributed by atoms with Crippen LogP contribution in [-0.2, 0) is 4.79 Å². The van der Waals surface area contributed by atoms with E-state index in [4.69, 9.17) is 0 Å². The predicted octanol–water partition coefficient (Wildman–Crippen LogP) is 3.47. The van der Waals surface area contributed by atoms with Gasteiger partial charge in [0.25, 0.3) is 0 Å². The number of nitrogens with zero attached hydrogens (tertiary/aromatic N) is 1. The number of thiazole rings is 1. The fourth-order valence-electron chi connectivity index (χ4n) is 1.62. The van der Waals surface area contributed by atoms with Crippen LogP contribution in [0.2, 0.25) is 0 Å². The maximum Gasteiger partial charge on any atom is 0.220 e. The third kappa shape index (κ3) is 5.99. The quantitative estimate of drug-likeness (QED) is 0.431. The number of thiophene rings is 1. The Morgan fingerprint density at radius 3 is 2.86 bits per heavy atom. The van der Waals surface area contributed by atoms with Crippen molar-refractivity contribution in [2.24, 2.45) is 0 Å². The Bertz CT molecular complexity index is 553. The van der Waals surface area contributed by atoms with E-state index >= 15 is 0 Å². The Balaban J connectivity index is 1.52. The topological polar surface area (TPSA) is 59.1 Å². The van der Waals surface area contributed by atoms with Crippen molar-refractivity contribution >= 4 is 46.1 Å². The molecular formula is C14H16N2O2S3. The Hall–Kier alpha value is -1.18. The maximum atomic E-state index is 11.7. The SMILES string of the molecule is O=C(CCC(=O)c1cccs1)NCCCSc1nccs1. The van der Waals surface area contributed by atoms with Gasteiger partial charge in [0, 0.05) is 36.7 Å². The van der Waals surface area contributed by atoms with E-state index in [9.17, 15) is 9.59 Å². The van der Waals surface area contributed by atoms with Crippen molar-refractivity contribution < 1.29 is 9.59 Å². The van der Waals surface area contributed by atoms with Gasteiger partial charge in [-0.1, -0.05) is 17.8 Å². The minimum Gasteiger partial charge on any atom is -0.356 e. The summed E-state index contributed by atoms with van der Waals surface area (Å²) in [4.78, 5) is 28.3. The number of rotatable bonds is 9. The smallest absolute Gasteiger partial charge is 0.220 e. The van der Waals surface area contributed by atoms with E-state index in [1.54, 1.807) is 35.4 Å². The van der Waals surface area contributed by atoms with Crippen LogP contribution in [0.1, 0.15) is 28.9 Å². The van der Waals surface area contributed by atoms with Gasteiger partial charge in [-0.25, -0.2) is 4.98 Å². The van der Waals surface area contributed by atoms with Crippen LogP contribution >= 0.6 is 34.4 Å². The molecule has 2 rings (SSSR count). The highest BCUT2D eigenvalue weighted by Gasteiger charge is 2.09. The van der Waals surface area contributed by atoms with E-state index in [0.717, 1.165) is 21.4 Å². The van der Waals surface area contributed by atoms with Crippen molar-refractivity contribution in [2.45, 2.75) is 23.6 Å². The summed E-state index contributed by atoms with van der Waals surface area (Å²) in [6, 6.07) is 3.64. The van der Waals surface area contributed by atoms with Crippen LogP contribution in [0.4, 0.5) is 0 Å². The lowest BCUT2D eigenvalue weighted by atomic mass is 10.2. The van der Waals surface area contributed by atoms with Crippen molar-refractivity contribution in [1.82, 2.24) is 10.3 Å². The van der Waals surface area contributed by atoms with E-state index < -0.39 is 0 Å². The molecule has 1 amide bonds. The number of amides is 1. The summed E-state index contributed by atoms with van der Waals surface area (Å²) in [5.74, 6) is 0.917. The molecule has 2 aromatic heterocycles. The first kappa shape index (κ1) is 16.2. The summed E-state index contributed by atoms with van der Waals surface area (Å²) in [7, 11) is 0. The highest BCUT2D eigenvalue weighted by molar-refractivity contribution is 8.00. The average Bonchev–Trinajstić information content (AvgIpc) is 3.17. The summed E-state index contributed by atoms with van der Waals surface area (Å²) in [5, 5.41) is 6.67. The molecule has 7 heteroatoms. The molecule has 1 N–H and O–H groups in total. The van der Waals surface area contributed by atoms with Crippen LogP contribution in [0.25, 0.3) is 0 Å². The first-order valence-corrected chi connectivity index (χ1v) is 9.36. The van der Waals surface area contributed by atoms with Gasteiger partial charge in [0.15, 0.2) is 5.78 Å². The molecule has 0 unspecified atom stereocenters. The van der Waals surface area contributed by atoms with Crippen LogP contribution in [0.15, 0.2) is 33.4 Å². The first-order chi connectivity index (χ1) is 10.3. The first-order valence-electron chi connectivity index (χ1n) is 6.61. The molecule has 112 valence electrons. The molecule has 0 saturated carbocycles. The second kappa shape index (κ2) is 8.96. The van der Waals surface area contributed by atoms with Crippen LogP contribution in [0, 0.1) is 0 Å². The molecule has 21 heavy (non-hydrogen) atoms. The van der Waals surface area contributed by atoms with Gasteiger partial charge in [0.2, 0.25) is 5.91 Å². The van der Waals surface area contributed by atoms with Gasteiger partial charge in [0.05, 0.1) is 4.88 Å². The van der Waals surface area contributed by atoms with E-state index in [1.807, 2.05) is 16.8 Å². The summed E-state index contributed by atoms with van der Waals surface area (Å²) in [6.45, 7) is 0.643. The highest BCUT2D eigenvalue weighted by Crippen LogP contribution is 2.20. The zero-order valence-corrected chi connectivity index (χ0v) is 13.9. The normalized spacial score (nSPS) is 10.5. The number of aromatic nitrogens is 1. The van der Waals surface area contributed by atoms with Crippen molar-refractivity contribution in [2.75, 3.05) is 12.3 Å². The monoisotopic (exact) mass is 340 g/mol. The molecule has 4 nitrogen and oxygen atoms in total. The van der Waals surface area contributed by atoms with Crippen LogP contribution in [0.5, 0.6) is 0 Å². The second-order valence-corrected chi connectivity index (χ2v) is 7.43. The van der Waals surface area contributed by atoms with Crippen molar-refractivity contribution in [3.8, 4) is 0 Å². The molecule has 0 spiro atoms. The average molecular weight is 340 g/mol. The molecule has 0 fully saturated rings. The molecular weight excluding hydrogens is 324 g/mol. The van der Waals surface area contributed by atoms with E-state index in [1.165, 1.54) is 11.3 Å². The molecule has 0 radical (unpaired) electrons. The number of carbonyl (C=O) groups is 2. The summed E-state index contributed by atoms with van der Waals surface area (Å²) in [5.41, 5.74) is 0. The number of thioether (sulfide) groups is 1. The lowest BCUT2D eigenvalue weighted by molar-refractivity contribution is -0.121. The minimum absolute atomic E-state index is 0.0412. The molecule has 2 aromatic rings. The Kier molecular flexibility index (Phi) is 6.91. The third-order valence-electron chi connectivity index (χ3n) is 2.65. The number of carbonyl (C=O) groups excluding carboxylic acids is 2. The van der Waals surface area contributed by atoms with Crippen LogP contribution < -0.4 is 5.32 Å². The van der Waals surface area contributed by atoms with Crippen molar-refractivity contribution in [3.05, 3.63) is 34.0 Å². The number of nitrogens with one attached hydrogen (secondary N) is 1. The molecule has 2 heterocycles. The van der Waals surface area contributed by atoms with Crippen molar-refractivity contribution in [3.63, 3.8) is 0 Å². The van der Waals surface area contributed by atoms with Gasteiger partial charge in [0.1, 0.15) is 4.34 Å². The molecule has 0 bridgehead atoms. The van der Waals surface area contributed by atoms with Gasteiger partial charge < -0.3 is 5.32 Å². The summed E-state index contributed by atoms with van der Waals surface area (Å²) >= 11 is 4.74. The minimum atomic E-state index is -0.0563. The van der Waals surface area contributed by atoms with Crippen molar-refractivity contribution in [1.29, 1.82) is 0 Å². The van der Waals surface area contributed by atoms with Crippen LogP contribution in [-0.4, -0.2) is 29.0 Å². The van der Waals surface area contributed by atoms with Gasteiger partial charge in [-0.2, -0.15) is 0 Å². The summed E-state index contributed by atoms with van der Waals surface area (Å²) in [6.07, 6.45) is 3.23. The molecule has 0 aliphatic heterocycles. The van der Waals surface area contributed by atoms with Gasteiger partial charge >= 0.3 is 0 Å². The lowest BCUT2D eigenvalue weighted by Crippen LogP contribution is -2.25. The second-order valence-electron chi connectivity index (χ2n) is 4.25. The van der Waals surface area contributed by atoms with E-state index in [2.05, 4.69) is 10.3 Å². The Morgan fingerprint density at radius 2 is 2.14 bits per heavy atom.